The molecule has 0 aliphatic heterocycles. The van der Waals surface area contributed by atoms with Crippen LogP contribution in [0.25, 0.3) is 10.9 Å². The van der Waals surface area contributed by atoms with Crippen molar-refractivity contribution < 1.29 is 0 Å². The van der Waals surface area contributed by atoms with Crippen LogP contribution < -0.4 is 5.32 Å². The van der Waals surface area contributed by atoms with Gasteiger partial charge < -0.3 is 5.32 Å². The highest BCUT2D eigenvalue weighted by atomic mass is 79.9. The van der Waals surface area contributed by atoms with E-state index in [1.165, 1.54) is 0 Å². The van der Waals surface area contributed by atoms with E-state index in [1.807, 2.05) is 30.5 Å². The minimum absolute atomic E-state index is 0.632. The largest absolute Gasteiger partial charge is 0.381 e. The van der Waals surface area contributed by atoms with E-state index in [9.17, 15) is 0 Å². The molecule has 3 rings (SSSR count). The van der Waals surface area contributed by atoms with E-state index in [1.54, 1.807) is 6.07 Å². The summed E-state index contributed by atoms with van der Waals surface area (Å²) in [7, 11) is 0. The predicted molar refractivity (Wildman–Crippen MR) is 87.9 cm³/mol. The minimum atomic E-state index is 0.632. The third kappa shape index (κ3) is 2.88. The van der Waals surface area contributed by atoms with Crippen LogP contribution in [0.4, 0.5) is 5.69 Å². The highest BCUT2D eigenvalue weighted by molar-refractivity contribution is 9.10. The molecule has 0 bridgehead atoms. The molecule has 0 fully saturated rings. The Balaban J connectivity index is 1.84. The molecule has 3 aromatic rings. The summed E-state index contributed by atoms with van der Waals surface area (Å²) in [6.45, 7) is 0.687. The maximum atomic E-state index is 8.93. The Morgan fingerprint density at radius 1 is 1.14 bits per heavy atom. The van der Waals surface area contributed by atoms with E-state index in [4.69, 9.17) is 5.26 Å². The maximum absolute atomic E-state index is 8.93. The van der Waals surface area contributed by atoms with Crippen LogP contribution in [0.2, 0.25) is 0 Å². The van der Waals surface area contributed by atoms with Gasteiger partial charge in [0.25, 0.3) is 0 Å². The van der Waals surface area contributed by atoms with Crippen molar-refractivity contribution in [3.63, 3.8) is 0 Å². The molecule has 2 aromatic carbocycles. The van der Waals surface area contributed by atoms with Crippen molar-refractivity contribution in [3.05, 3.63) is 70.3 Å². The van der Waals surface area contributed by atoms with E-state index in [0.717, 1.165) is 26.6 Å². The van der Waals surface area contributed by atoms with Gasteiger partial charge >= 0.3 is 0 Å². The van der Waals surface area contributed by atoms with Gasteiger partial charge in [0, 0.05) is 28.3 Å². The van der Waals surface area contributed by atoms with Crippen molar-refractivity contribution in [2.75, 3.05) is 5.32 Å². The lowest BCUT2D eigenvalue weighted by Gasteiger charge is -2.09. The number of aromatic nitrogens is 1. The average Bonchev–Trinajstić information content (AvgIpc) is 2.53. The molecule has 21 heavy (non-hydrogen) atoms. The van der Waals surface area contributed by atoms with Crippen molar-refractivity contribution >= 4 is 32.5 Å². The van der Waals surface area contributed by atoms with Gasteiger partial charge in [0.2, 0.25) is 0 Å². The Kier molecular flexibility index (Phi) is 3.85. The van der Waals surface area contributed by atoms with Gasteiger partial charge in [-0.1, -0.05) is 24.3 Å². The number of fused-ring (bicyclic) bond motifs is 1. The van der Waals surface area contributed by atoms with Crippen LogP contribution >= 0.6 is 15.9 Å². The molecule has 0 spiro atoms. The number of para-hydroxylation sites is 1. The zero-order chi connectivity index (χ0) is 14.7. The molecule has 0 atom stereocenters. The zero-order valence-corrected chi connectivity index (χ0v) is 12.8. The summed E-state index contributed by atoms with van der Waals surface area (Å²) in [5, 5.41) is 13.4. The fourth-order valence-corrected chi connectivity index (χ4v) is 2.69. The van der Waals surface area contributed by atoms with Crippen molar-refractivity contribution in [2.45, 2.75) is 6.54 Å². The third-order valence-electron chi connectivity index (χ3n) is 3.29. The van der Waals surface area contributed by atoms with Gasteiger partial charge in [0.05, 0.1) is 11.1 Å². The molecule has 3 nitrogen and oxygen atoms in total. The van der Waals surface area contributed by atoms with E-state index in [2.05, 4.69) is 50.5 Å². The molecule has 0 amide bonds. The summed E-state index contributed by atoms with van der Waals surface area (Å²) in [5.74, 6) is 0. The van der Waals surface area contributed by atoms with Gasteiger partial charge in [0.1, 0.15) is 6.07 Å². The quantitative estimate of drug-likeness (QED) is 0.766. The number of rotatable bonds is 3. The van der Waals surface area contributed by atoms with Gasteiger partial charge in [-0.2, -0.15) is 5.26 Å². The number of hydrogen-bond acceptors (Lipinski definition) is 3. The summed E-state index contributed by atoms with van der Waals surface area (Å²) in [5.41, 5.74) is 3.76. The van der Waals surface area contributed by atoms with E-state index < -0.39 is 0 Å². The number of anilines is 1. The van der Waals surface area contributed by atoms with Crippen LogP contribution in [0.3, 0.4) is 0 Å². The highest BCUT2D eigenvalue weighted by Gasteiger charge is 2.03. The monoisotopic (exact) mass is 337 g/mol. The Bertz CT molecular complexity index is 832. The average molecular weight is 338 g/mol. The number of hydrogen-bond donors (Lipinski definition) is 1. The highest BCUT2D eigenvalue weighted by Crippen LogP contribution is 2.22. The zero-order valence-electron chi connectivity index (χ0n) is 11.2. The molecule has 0 radical (unpaired) electrons. The van der Waals surface area contributed by atoms with Gasteiger partial charge in [-0.15, -0.1) is 0 Å². The fraction of sp³-hybridized carbons (Fsp3) is 0.0588. The fourth-order valence-electron chi connectivity index (χ4n) is 2.22. The lowest BCUT2D eigenvalue weighted by molar-refractivity contribution is 1.15. The molecule has 1 N–H and O–H groups in total. The number of halogens is 1. The molecule has 0 saturated carbocycles. The smallest absolute Gasteiger partial charge is 0.100 e. The summed E-state index contributed by atoms with van der Waals surface area (Å²) >= 11 is 3.40. The summed E-state index contributed by atoms with van der Waals surface area (Å²) in [6, 6.07) is 17.9. The molecule has 1 heterocycles. The Morgan fingerprint density at radius 2 is 2.00 bits per heavy atom. The first-order valence-electron chi connectivity index (χ1n) is 6.54. The van der Waals surface area contributed by atoms with Gasteiger partial charge in [-0.3, -0.25) is 4.98 Å². The van der Waals surface area contributed by atoms with Gasteiger partial charge in [-0.25, -0.2) is 0 Å². The molecular formula is C17H12BrN3. The van der Waals surface area contributed by atoms with E-state index in [-0.39, 0.29) is 0 Å². The van der Waals surface area contributed by atoms with Crippen molar-refractivity contribution in [2.24, 2.45) is 0 Å². The lowest BCUT2D eigenvalue weighted by Crippen LogP contribution is -2.01. The topological polar surface area (TPSA) is 48.7 Å². The summed E-state index contributed by atoms with van der Waals surface area (Å²) in [6.07, 6.45) is 1.81. The first-order chi connectivity index (χ1) is 10.3. The first-order valence-corrected chi connectivity index (χ1v) is 7.33. The Hall–Kier alpha value is -2.38. The molecule has 1 aromatic heterocycles. The van der Waals surface area contributed by atoms with Crippen LogP contribution in [0.15, 0.2) is 59.2 Å². The molecule has 0 unspecified atom stereocenters. The van der Waals surface area contributed by atoms with E-state index >= 15 is 0 Å². The molecule has 0 saturated heterocycles. The molecule has 102 valence electrons. The normalized spacial score (nSPS) is 10.3. The third-order valence-corrected chi connectivity index (χ3v) is 3.94. The summed E-state index contributed by atoms with van der Waals surface area (Å²) < 4.78 is 0.797. The molecule has 0 aliphatic rings. The SMILES string of the molecule is N#Cc1ccc(NCc2cccc3cccnc23)cc1Br. The van der Waals surface area contributed by atoms with Crippen LogP contribution in [0.5, 0.6) is 0 Å². The van der Waals surface area contributed by atoms with Gasteiger partial charge in [-0.05, 0) is 45.8 Å². The van der Waals surface area contributed by atoms with E-state index in [0.29, 0.717) is 12.1 Å². The number of nitriles is 1. The van der Waals surface area contributed by atoms with Crippen molar-refractivity contribution in [1.82, 2.24) is 4.98 Å². The number of nitrogens with one attached hydrogen (secondary N) is 1. The van der Waals surface area contributed by atoms with Crippen LogP contribution in [0, 0.1) is 11.3 Å². The number of benzene rings is 2. The van der Waals surface area contributed by atoms with Crippen molar-refractivity contribution in [3.8, 4) is 6.07 Å². The standard InChI is InChI=1S/C17H12BrN3/c18-16-9-15(7-6-13(16)10-19)21-11-14-4-1-3-12-5-2-8-20-17(12)14/h1-9,21H,11H2. The first kappa shape index (κ1) is 13.6. The van der Waals surface area contributed by atoms with Crippen molar-refractivity contribution in [1.29, 1.82) is 5.26 Å². The maximum Gasteiger partial charge on any atom is 0.100 e. The lowest BCUT2D eigenvalue weighted by atomic mass is 10.1. The second-order valence-corrected chi connectivity index (χ2v) is 5.51. The predicted octanol–water partition coefficient (Wildman–Crippen LogP) is 4.48. The summed E-state index contributed by atoms with van der Waals surface area (Å²) in [4.78, 5) is 4.45. The Labute approximate surface area is 131 Å². The second-order valence-electron chi connectivity index (χ2n) is 4.65. The van der Waals surface area contributed by atoms with Crippen LogP contribution in [0.1, 0.15) is 11.1 Å². The molecule has 4 heteroatoms. The molecular weight excluding hydrogens is 326 g/mol. The Morgan fingerprint density at radius 3 is 2.81 bits per heavy atom. The second kappa shape index (κ2) is 5.94. The number of nitrogens with zero attached hydrogens (tertiary/aromatic N) is 2. The minimum Gasteiger partial charge on any atom is -0.381 e. The molecule has 0 aliphatic carbocycles. The van der Waals surface area contributed by atoms with Crippen LogP contribution in [-0.4, -0.2) is 4.98 Å². The van der Waals surface area contributed by atoms with Crippen LogP contribution in [-0.2, 0) is 6.54 Å². The van der Waals surface area contributed by atoms with Gasteiger partial charge in [0.15, 0.2) is 0 Å². The number of pyridine rings is 1.